The van der Waals surface area contributed by atoms with E-state index in [-0.39, 0.29) is 11.6 Å². The Kier molecular flexibility index (Phi) is 4.81. The molecular formula is C21H21N4O3S+. The molecule has 0 unspecified atom stereocenters. The Balaban J connectivity index is 1.92. The van der Waals surface area contributed by atoms with E-state index in [1.165, 1.54) is 12.1 Å². The van der Waals surface area contributed by atoms with Crippen molar-refractivity contribution in [2.75, 3.05) is 0 Å². The van der Waals surface area contributed by atoms with Gasteiger partial charge >= 0.3 is 0 Å². The van der Waals surface area contributed by atoms with Crippen LogP contribution in [0.5, 0.6) is 0 Å². The number of nitrogens with zero attached hydrogens (tertiary/aromatic N) is 3. The Morgan fingerprint density at radius 2 is 2.03 bits per heavy atom. The number of nitro groups is 1. The summed E-state index contributed by atoms with van der Waals surface area (Å²) in [6.07, 6.45) is 5.57. The fourth-order valence-corrected chi connectivity index (χ4v) is 4.59. The molecule has 0 bridgehead atoms. The smallest absolute Gasteiger partial charge is 0.269 e. The standard InChI is InChI=1S/C21H20N4O3S/c1-13-3-2-10-24(12-13)19-18(14-4-8-16(9-5-14)25(27)28)17(11-22)20(29)23-21(19,26)15-6-7-15/h2-5,8-10,12,15,18-19,23,26H,6-7H2,1H3/p+1/t18-,19-,21-/m0/s1. The summed E-state index contributed by atoms with van der Waals surface area (Å²) < 4.78 is 1.93. The monoisotopic (exact) mass is 409 g/mol. The summed E-state index contributed by atoms with van der Waals surface area (Å²) in [6.45, 7) is 1.97. The molecule has 4 rings (SSSR count). The third kappa shape index (κ3) is 3.37. The molecule has 1 fully saturated rings. The lowest BCUT2D eigenvalue weighted by Crippen LogP contribution is -2.65. The van der Waals surface area contributed by atoms with Crippen molar-refractivity contribution in [2.45, 2.75) is 37.5 Å². The maximum atomic E-state index is 11.7. The number of hydrogen-bond acceptors (Lipinski definition) is 6. The number of rotatable bonds is 4. The molecule has 0 saturated heterocycles. The van der Waals surface area contributed by atoms with E-state index in [1.54, 1.807) is 12.1 Å². The number of pyridine rings is 1. The largest absolute Gasteiger partial charge is 0.365 e. The van der Waals surface area contributed by atoms with Crippen molar-refractivity contribution in [1.29, 1.82) is 5.26 Å². The molecule has 7 nitrogen and oxygen atoms in total. The minimum Gasteiger partial charge on any atom is -0.365 e. The highest BCUT2D eigenvalue weighted by Gasteiger charge is 2.60. The third-order valence-corrected chi connectivity index (χ3v) is 6.08. The third-order valence-electron chi connectivity index (χ3n) is 5.73. The van der Waals surface area contributed by atoms with E-state index >= 15 is 0 Å². The summed E-state index contributed by atoms with van der Waals surface area (Å²) >= 11 is 4.48. The first-order valence-electron chi connectivity index (χ1n) is 9.40. The molecule has 0 spiro atoms. The van der Waals surface area contributed by atoms with Gasteiger partial charge in [-0.3, -0.25) is 10.1 Å². The first-order chi connectivity index (χ1) is 13.8. The lowest BCUT2D eigenvalue weighted by Gasteiger charge is -2.42. The molecule has 2 aromatic rings. The molecule has 148 valence electrons. The second-order valence-electron chi connectivity index (χ2n) is 7.70. The van der Waals surface area contributed by atoms with Crippen LogP contribution in [-0.2, 0) is 0 Å². The Morgan fingerprint density at radius 1 is 1.34 bits per heavy atom. The van der Waals surface area contributed by atoms with Gasteiger partial charge in [-0.25, -0.2) is 0 Å². The Labute approximate surface area is 173 Å². The number of benzene rings is 1. The number of hydrogen-bond donors (Lipinski definition) is 3. The summed E-state index contributed by atoms with van der Waals surface area (Å²) in [5.41, 5.74) is 0.827. The van der Waals surface area contributed by atoms with E-state index in [1.807, 2.05) is 36.0 Å². The number of aromatic nitrogens is 1. The van der Waals surface area contributed by atoms with Gasteiger partial charge in [-0.1, -0.05) is 12.1 Å². The van der Waals surface area contributed by atoms with Gasteiger partial charge in [0.1, 0.15) is 0 Å². The molecule has 2 heterocycles. The number of nitriles is 1. The fourth-order valence-electron chi connectivity index (χ4n) is 4.22. The second kappa shape index (κ2) is 7.17. The molecule has 1 aliphatic carbocycles. The summed E-state index contributed by atoms with van der Waals surface area (Å²) in [6, 6.07) is 11.8. The highest BCUT2D eigenvalue weighted by atomic mass is 32.1. The van der Waals surface area contributed by atoms with Crippen LogP contribution in [-0.4, -0.2) is 15.8 Å². The van der Waals surface area contributed by atoms with Crippen molar-refractivity contribution >= 4 is 18.3 Å². The van der Waals surface area contributed by atoms with Crippen molar-refractivity contribution < 1.29 is 14.6 Å². The van der Waals surface area contributed by atoms with Crippen LogP contribution in [0, 0.1) is 34.3 Å². The molecule has 8 heteroatoms. The minimum absolute atomic E-state index is 0.0199. The molecule has 0 amide bonds. The van der Waals surface area contributed by atoms with Crippen LogP contribution in [0.3, 0.4) is 0 Å². The van der Waals surface area contributed by atoms with Gasteiger partial charge in [0.25, 0.3) is 5.69 Å². The van der Waals surface area contributed by atoms with E-state index in [4.69, 9.17) is 0 Å². The van der Waals surface area contributed by atoms with Crippen LogP contribution in [0.15, 0.2) is 59.4 Å². The minimum atomic E-state index is -1.29. The van der Waals surface area contributed by atoms with Crippen molar-refractivity contribution in [1.82, 2.24) is 5.32 Å². The number of aliphatic hydroxyl groups is 1. The summed E-state index contributed by atoms with van der Waals surface area (Å²) in [4.78, 5) is 10.6. The topological polar surface area (TPSA) is 103 Å². The average molecular weight is 409 g/mol. The maximum absolute atomic E-state index is 11.7. The van der Waals surface area contributed by atoms with E-state index in [0.717, 1.165) is 24.0 Å². The summed E-state index contributed by atoms with van der Waals surface area (Å²) in [5.74, 6) is -0.476. The van der Waals surface area contributed by atoms with Crippen molar-refractivity contribution in [3.05, 3.63) is 80.6 Å². The van der Waals surface area contributed by atoms with Gasteiger partial charge in [0.15, 0.2) is 12.4 Å². The predicted octanol–water partition coefficient (Wildman–Crippen LogP) is 2.88. The Bertz CT molecular complexity index is 1040. The van der Waals surface area contributed by atoms with Gasteiger partial charge in [0.05, 0.1) is 27.5 Å². The molecule has 2 aliphatic rings. The number of nitro benzene ring substituents is 1. The second-order valence-corrected chi connectivity index (χ2v) is 8.15. The van der Waals surface area contributed by atoms with E-state index in [9.17, 15) is 20.5 Å². The summed E-state index contributed by atoms with van der Waals surface area (Å²) in [5, 5.41) is 36.1. The van der Waals surface area contributed by atoms with Gasteiger partial charge in [-0.05, 0) is 31.4 Å². The Morgan fingerprint density at radius 3 is 2.59 bits per heavy atom. The first kappa shape index (κ1) is 19.4. The van der Waals surface area contributed by atoms with Crippen molar-refractivity contribution in [3.8, 4) is 6.07 Å². The van der Waals surface area contributed by atoms with Gasteiger partial charge in [-0.2, -0.15) is 9.83 Å². The quantitative estimate of drug-likeness (QED) is 0.312. The van der Waals surface area contributed by atoms with Gasteiger partial charge in [0, 0.05) is 29.7 Å². The normalized spacial score (nSPS) is 26.6. The Hall–Kier alpha value is -2.89. The van der Waals surface area contributed by atoms with E-state index in [2.05, 4.69) is 24.0 Å². The lowest BCUT2D eigenvalue weighted by atomic mass is 9.76. The molecule has 3 atom stereocenters. The van der Waals surface area contributed by atoms with E-state index < -0.39 is 22.6 Å². The van der Waals surface area contributed by atoms with Crippen molar-refractivity contribution in [2.24, 2.45) is 5.92 Å². The van der Waals surface area contributed by atoms with Crippen LogP contribution < -0.4 is 9.88 Å². The molecule has 1 saturated carbocycles. The number of aryl methyl sites for hydroxylation is 1. The molecule has 2 N–H and O–H groups in total. The zero-order valence-electron chi connectivity index (χ0n) is 15.8. The molecule has 0 radical (unpaired) electrons. The lowest BCUT2D eigenvalue weighted by molar-refractivity contribution is -0.742. The number of nitrogens with one attached hydrogen (secondary N) is 1. The molecule has 1 aliphatic heterocycles. The molecule has 1 aromatic heterocycles. The predicted molar refractivity (Wildman–Crippen MR) is 109 cm³/mol. The average Bonchev–Trinajstić information content (AvgIpc) is 3.53. The van der Waals surface area contributed by atoms with Crippen LogP contribution in [0.1, 0.15) is 35.9 Å². The highest BCUT2D eigenvalue weighted by Crippen LogP contribution is 2.52. The van der Waals surface area contributed by atoms with Crippen LogP contribution in [0.25, 0.3) is 0 Å². The summed E-state index contributed by atoms with van der Waals surface area (Å²) in [7, 11) is 0. The highest BCUT2D eigenvalue weighted by molar-refractivity contribution is 7.84. The van der Waals surface area contributed by atoms with Crippen LogP contribution in [0.4, 0.5) is 5.69 Å². The number of thiol groups is 1. The van der Waals surface area contributed by atoms with Crippen LogP contribution >= 0.6 is 12.6 Å². The SMILES string of the molecule is Cc1ccc[n+]([C@H]2[C@@H](c3ccc([N+](=O)[O-])cc3)C(C#N)=C(S)N[C@]2(O)C2CC2)c1. The van der Waals surface area contributed by atoms with Gasteiger partial charge in [0.2, 0.25) is 11.8 Å². The zero-order valence-corrected chi connectivity index (χ0v) is 16.7. The first-order valence-corrected chi connectivity index (χ1v) is 9.85. The van der Waals surface area contributed by atoms with Crippen molar-refractivity contribution in [3.63, 3.8) is 0 Å². The molecule has 29 heavy (non-hydrogen) atoms. The fraction of sp³-hybridized carbons (Fsp3) is 0.333. The number of non-ortho nitro benzene ring substituents is 1. The zero-order chi connectivity index (χ0) is 20.8. The van der Waals surface area contributed by atoms with Crippen LogP contribution in [0.2, 0.25) is 0 Å². The maximum Gasteiger partial charge on any atom is 0.269 e. The van der Waals surface area contributed by atoms with Gasteiger partial charge in [-0.15, -0.1) is 12.6 Å². The number of allylic oxidation sites excluding steroid dienone is 1. The van der Waals surface area contributed by atoms with E-state index in [0.29, 0.717) is 10.6 Å². The molecule has 1 aromatic carbocycles. The molecular weight excluding hydrogens is 388 g/mol. The van der Waals surface area contributed by atoms with Gasteiger partial charge < -0.3 is 10.4 Å².